The zero-order valence-corrected chi connectivity index (χ0v) is 13.0. The summed E-state index contributed by atoms with van der Waals surface area (Å²) < 4.78 is 15.0. The number of carbonyl (C=O) groups is 2. The summed E-state index contributed by atoms with van der Waals surface area (Å²) in [7, 11) is 0. The van der Waals surface area contributed by atoms with E-state index in [0.717, 1.165) is 0 Å². The molecule has 1 aromatic heterocycles. The lowest BCUT2D eigenvalue weighted by atomic mass is 10.1. The lowest BCUT2D eigenvalue weighted by Gasteiger charge is -2.06. The lowest BCUT2D eigenvalue weighted by Crippen LogP contribution is -2.10. The van der Waals surface area contributed by atoms with Crippen LogP contribution in [0.1, 0.15) is 23.7 Å². The summed E-state index contributed by atoms with van der Waals surface area (Å²) >= 11 is 0. The number of fused-ring (bicyclic) bond motifs is 1. The highest BCUT2D eigenvalue weighted by atomic mass is 19.1. The molecule has 1 N–H and O–H groups in total. The van der Waals surface area contributed by atoms with Gasteiger partial charge in [0.1, 0.15) is 18.2 Å². The fourth-order valence-corrected chi connectivity index (χ4v) is 2.65. The normalized spacial score (nSPS) is 10.9. The number of aliphatic carboxylic acids is 1. The standard InChI is InChI=1S/C18H15FN2O3/c1-2-16(22)11-6-7-15-14(9-11)20-18(21(15)10-17(23)24)12-4-3-5-13(19)8-12/h3-9H,2,10H2,1H3,(H,23,24). The molecular formula is C18H15FN2O3. The smallest absolute Gasteiger partial charge is 0.323 e. The van der Waals surface area contributed by atoms with Gasteiger partial charge >= 0.3 is 5.97 Å². The zero-order valence-electron chi connectivity index (χ0n) is 13.0. The van der Waals surface area contributed by atoms with Crippen LogP contribution < -0.4 is 0 Å². The molecule has 3 aromatic rings. The third kappa shape index (κ3) is 2.90. The highest BCUT2D eigenvalue weighted by molar-refractivity contribution is 5.99. The third-order valence-electron chi connectivity index (χ3n) is 3.77. The van der Waals surface area contributed by atoms with Crippen LogP contribution in [-0.2, 0) is 11.3 Å². The molecule has 0 bridgehead atoms. The number of carboxylic acid groups (broad SMARTS) is 1. The summed E-state index contributed by atoms with van der Waals surface area (Å²) in [6.45, 7) is 1.47. The van der Waals surface area contributed by atoms with Crippen molar-refractivity contribution < 1.29 is 19.1 Å². The predicted octanol–water partition coefficient (Wildman–Crippen LogP) is 3.52. The van der Waals surface area contributed by atoms with Gasteiger partial charge in [0, 0.05) is 17.5 Å². The average Bonchev–Trinajstić information content (AvgIpc) is 2.91. The van der Waals surface area contributed by atoms with Crippen molar-refractivity contribution in [2.45, 2.75) is 19.9 Å². The van der Waals surface area contributed by atoms with Gasteiger partial charge in [-0.3, -0.25) is 9.59 Å². The number of nitrogens with zero attached hydrogens (tertiary/aromatic N) is 2. The molecule has 5 nitrogen and oxygen atoms in total. The van der Waals surface area contributed by atoms with Gasteiger partial charge < -0.3 is 9.67 Å². The van der Waals surface area contributed by atoms with Crippen molar-refractivity contribution >= 4 is 22.8 Å². The van der Waals surface area contributed by atoms with Crippen LogP contribution in [0.5, 0.6) is 0 Å². The van der Waals surface area contributed by atoms with E-state index in [0.29, 0.717) is 34.4 Å². The van der Waals surface area contributed by atoms with E-state index in [2.05, 4.69) is 4.98 Å². The van der Waals surface area contributed by atoms with Crippen molar-refractivity contribution in [3.8, 4) is 11.4 Å². The molecule has 0 saturated carbocycles. The number of imidazole rings is 1. The van der Waals surface area contributed by atoms with Crippen LogP contribution in [0.25, 0.3) is 22.4 Å². The summed E-state index contributed by atoms with van der Waals surface area (Å²) in [5, 5.41) is 9.17. The Bertz CT molecular complexity index is 947. The van der Waals surface area contributed by atoms with Crippen molar-refractivity contribution in [2.75, 3.05) is 0 Å². The quantitative estimate of drug-likeness (QED) is 0.728. The summed E-state index contributed by atoms with van der Waals surface area (Å²) in [6.07, 6.45) is 0.373. The Balaban J connectivity index is 2.23. The second-order valence-corrected chi connectivity index (χ2v) is 5.41. The number of carboxylic acids is 1. The Morgan fingerprint density at radius 3 is 2.67 bits per heavy atom. The van der Waals surface area contributed by atoms with E-state index in [1.165, 1.54) is 16.7 Å². The third-order valence-corrected chi connectivity index (χ3v) is 3.77. The van der Waals surface area contributed by atoms with Crippen molar-refractivity contribution in [1.82, 2.24) is 9.55 Å². The Hall–Kier alpha value is -3.02. The molecule has 0 saturated heterocycles. The van der Waals surface area contributed by atoms with Gasteiger partial charge in [-0.25, -0.2) is 9.37 Å². The van der Waals surface area contributed by atoms with E-state index in [4.69, 9.17) is 0 Å². The number of Topliss-reactive ketones (excluding diaryl/α,β-unsaturated/α-hetero) is 1. The minimum Gasteiger partial charge on any atom is -0.480 e. The van der Waals surface area contributed by atoms with Gasteiger partial charge in [-0.05, 0) is 30.3 Å². The number of benzene rings is 2. The van der Waals surface area contributed by atoms with E-state index in [-0.39, 0.29) is 12.3 Å². The second kappa shape index (κ2) is 6.23. The number of carbonyl (C=O) groups excluding carboxylic acids is 1. The molecule has 0 atom stereocenters. The van der Waals surface area contributed by atoms with Crippen molar-refractivity contribution in [3.05, 3.63) is 53.8 Å². The highest BCUT2D eigenvalue weighted by Crippen LogP contribution is 2.26. The second-order valence-electron chi connectivity index (χ2n) is 5.41. The molecule has 0 spiro atoms. The number of halogens is 1. The summed E-state index contributed by atoms with van der Waals surface area (Å²) in [6, 6.07) is 10.8. The van der Waals surface area contributed by atoms with Crippen LogP contribution in [-0.4, -0.2) is 26.4 Å². The number of rotatable bonds is 5. The van der Waals surface area contributed by atoms with Gasteiger partial charge in [0.15, 0.2) is 5.78 Å². The molecule has 0 aliphatic rings. The largest absolute Gasteiger partial charge is 0.480 e. The highest BCUT2D eigenvalue weighted by Gasteiger charge is 2.16. The maximum absolute atomic E-state index is 13.5. The van der Waals surface area contributed by atoms with Crippen LogP contribution in [0.3, 0.4) is 0 Å². The first-order valence-electron chi connectivity index (χ1n) is 7.51. The first kappa shape index (κ1) is 15.9. The molecule has 122 valence electrons. The first-order chi connectivity index (χ1) is 11.5. The van der Waals surface area contributed by atoms with E-state index >= 15 is 0 Å². The van der Waals surface area contributed by atoms with Crippen molar-refractivity contribution in [2.24, 2.45) is 0 Å². The minimum atomic E-state index is -1.03. The molecule has 0 fully saturated rings. The van der Waals surface area contributed by atoms with E-state index in [9.17, 15) is 19.1 Å². The molecule has 0 aliphatic heterocycles. The molecule has 3 rings (SSSR count). The monoisotopic (exact) mass is 326 g/mol. The molecule has 0 amide bonds. The van der Waals surface area contributed by atoms with Gasteiger partial charge in [0.25, 0.3) is 0 Å². The zero-order chi connectivity index (χ0) is 17.3. The van der Waals surface area contributed by atoms with Crippen LogP contribution in [0.4, 0.5) is 4.39 Å². The topological polar surface area (TPSA) is 72.2 Å². The molecule has 6 heteroatoms. The van der Waals surface area contributed by atoms with Gasteiger partial charge in [-0.2, -0.15) is 0 Å². The first-order valence-corrected chi connectivity index (χ1v) is 7.51. The minimum absolute atomic E-state index is 0.0167. The number of aromatic nitrogens is 2. The average molecular weight is 326 g/mol. The van der Waals surface area contributed by atoms with Crippen LogP contribution >= 0.6 is 0 Å². The molecule has 0 radical (unpaired) electrons. The van der Waals surface area contributed by atoms with E-state index < -0.39 is 11.8 Å². The summed E-state index contributed by atoms with van der Waals surface area (Å²) in [5.41, 5.74) is 2.10. The van der Waals surface area contributed by atoms with Gasteiger partial charge in [-0.1, -0.05) is 19.1 Å². The summed E-state index contributed by atoms with van der Waals surface area (Å²) in [5.74, 6) is -1.12. The molecule has 24 heavy (non-hydrogen) atoms. The van der Waals surface area contributed by atoms with E-state index in [1.807, 2.05) is 0 Å². The van der Waals surface area contributed by atoms with Crippen LogP contribution in [0, 0.1) is 5.82 Å². The number of hydrogen-bond donors (Lipinski definition) is 1. The lowest BCUT2D eigenvalue weighted by molar-refractivity contribution is -0.137. The molecule has 1 heterocycles. The molecular weight excluding hydrogens is 311 g/mol. The van der Waals surface area contributed by atoms with Crippen molar-refractivity contribution in [1.29, 1.82) is 0 Å². The van der Waals surface area contributed by atoms with Crippen LogP contribution in [0.15, 0.2) is 42.5 Å². The van der Waals surface area contributed by atoms with Crippen LogP contribution in [0.2, 0.25) is 0 Å². The maximum atomic E-state index is 13.5. The molecule has 0 unspecified atom stereocenters. The molecule has 2 aromatic carbocycles. The van der Waals surface area contributed by atoms with Crippen molar-refractivity contribution in [3.63, 3.8) is 0 Å². The van der Waals surface area contributed by atoms with Gasteiger partial charge in [0.05, 0.1) is 11.0 Å². The predicted molar refractivity (Wildman–Crippen MR) is 87.4 cm³/mol. The van der Waals surface area contributed by atoms with Gasteiger partial charge in [0.2, 0.25) is 0 Å². The fraction of sp³-hybridized carbons (Fsp3) is 0.167. The number of hydrogen-bond acceptors (Lipinski definition) is 3. The summed E-state index contributed by atoms with van der Waals surface area (Å²) in [4.78, 5) is 27.5. The fourth-order valence-electron chi connectivity index (χ4n) is 2.65. The Labute approximate surface area is 137 Å². The maximum Gasteiger partial charge on any atom is 0.323 e. The SMILES string of the molecule is CCC(=O)c1ccc2c(c1)nc(-c1cccc(F)c1)n2CC(=O)O. The Morgan fingerprint density at radius 1 is 1.21 bits per heavy atom. The Morgan fingerprint density at radius 2 is 2.00 bits per heavy atom. The molecule has 0 aliphatic carbocycles. The van der Waals surface area contributed by atoms with Gasteiger partial charge in [-0.15, -0.1) is 0 Å². The van der Waals surface area contributed by atoms with E-state index in [1.54, 1.807) is 37.3 Å². The Kier molecular flexibility index (Phi) is 4.12. The number of ketones is 1.